The first kappa shape index (κ1) is 15.6. The fourth-order valence-electron chi connectivity index (χ4n) is 2.17. The van der Waals surface area contributed by atoms with Crippen LogP contribution in [0.2, 0.25) is 0 Å². The monoisotopic (exact) mass is 349 g/mol. The molecule has 0 aliphatic rings. The fraction of sp³-hybridized carbons (Fsp3) is 0.294. The molecule has 2 aromatic carbocycles. The molecular formula is C17H20BrNS. The number of nitrogens with one attached hydrogen (secondary N) is 1. The summed E-state index contributed by atoms with van der Waals surface area (Å²) in [5.74, 6) is 0. The Bertz CT molecular complexity index is 522. The highest BCUT2D eigenvalue weighted by molar-refractivity contribution is 9.10. The molecular weight excluding hydrogens is 330 g/mol. The smallest absolute Gasteiger partial charge is 0.0576 e. The van der Waals surface area contributed by atoms with E-state index in [1.807, 2.05) is 0 Å². The Labute approximate surface area is 134 Å². The Morgan fingerprint density at radius 3 is 2.05 bits per heavy atom. The van der Waals surface area contributed by atoms with Crippen molar-refractivity contribution in [2.75, 3.05) is 12.8 Å². The quantitative estimate of drug-likeness (QED) is 0.713. The van der Waals surface area contributed by atoms with Crippen LogP contribution in [0.3, 0.4) is 0 Å². The maximum absolute atomic E-state index is 3.64. The molecule has 0 amide bonds. The third kappa shape index (κ3) is 4.11. The number of rotatable bonds is 6. The maximum atomic E-state index is 3.64. The van der Waals surface area contributed by atoms with Crippen LogP contribution in [0.1, 0.15) is 30.5 Å². The van der Waals surface area contributed by atoms with Crippen LogP contribution in [0, 0.1) is 0 Å². The highest BCUT2D eigenvalue weighted by atomic mass is 79.9. The van der Waals surface area contributed by atoms with E-state index in [1.165, 1.54) is 16.0 Å². The van der Waals surface area contributed by atoms with Gasteiger partial charge in [-0.3, -0.25) is 0 Å². The van der Waals surface area contributed by atoms with Crippen molar-refractivity contribution in [3.05, 3.63) is 64.1 Å². The minimum Gasteiger partial charge on any atom is -0.306 e. The predicted octanol–water partition coefficient (Wildman–Crippen LogP) is 5.26. The van der Waals surface area contributed by atoms with Gasteiger partial charge in [0.25, 0.3) is 0 Å². The summed E-state index contributed by atoms with van der Waals surface area (Å²) >= 11 is 5.28. The van der Waals surface area contributed by atoms with Gasteiger partial charge in [0.1, 0.15) is 0 Å². The lowest BCUT2D eigenvalue weighted by Crippen LogP contribution is -2.23. The van der Waals surface area contributed by atoms with E-state index < -0.39 is 0 Å². The van der Waals surface area contributed by atoms with Crippen molar-refractivity contribution in [2.24, 2.45) is 0 Å². The molecule has 0 heterocycles. The number of hydrogen-bond acceptors (Lipinski definition) is 2. The van der Waals surface area contributed by atoms with Crippen LogP contribution in [0.15, 0.2) is 57.9 Å². The Morgan fingerprint density at radius 1 is 1.00 bits per heavy atom. The van der Waals surface area contributed by atoms with Crippen LogP contribution in [0.4, 0.5) is 0 Å². The molecule has 106 valence electrons. The van der Waals surface area contributed by atoms with Gasteiger partial charge in [-0.25, -0.2) is 0 Å². The highest BCUT2D eigenvalue weighted by Crippen LogP contribution is 2.25. The molecule has 2 rings (SSSR count). The number of benzene rings is 2. The van der Waals surface area contributed by atoms with Gasteiger partial charge in [-0.2, -0.15) is 0 Å². The molecule has 0 aliphatic heterocycles. The zero-order chi connectivity index (χ0) is 14.4. The largest absolute Gasteiger partial charge is 0.306 e. The molecule has 0 spiro atoms. The van der Waals surface area contributed by atoms with Crippen molar-refractivity contribution in [3.63, 3.8) is 0 Å². The fourth-order valence-corrected chi connectivity index (χ4v) is 2.84. The van der Waals surface area contributed by atoms with Gasteiger partial charge in [-0.05, 0) is 54.6 Å². The molecule has 3 heteroatoms. The minimum atomic E-state index is 0.263. The average Bonchev–Trinajstić information content (AvgIpc) is 2.50. The van der Waals surface area contributed by atoms with E-state index in [0.29, 0.717) is 0 Å². The van der Waals surface area contributed by atoms with Gasteiger partial charge < -0.3 is 5.32 Å². The molecule has 0 saturated carbocycles. The highest BCUT2D eigenvalue weighted by Gasteiger charge is 2.12. The Balaban J connectivity index is 2.27. The standard InChI is InChI=1S/C17H20BrNS/c1-3-12-19-17(13-4-8-15(18)9-5-13)14-6-10-16(20-2)11-7-14/h4-11,17,19H,3,12H2,1-2H3. The summed E-state index contributed by atoms with van der Waals surface area (Å²) in [7, 11) is 0. The van der Waals surface area contributed by atoms with Crippen molar-refractivity contribution in [3.8, 4) is 0 Å². The number of halogens is 1. The lowest BCUT2D eigenvalue weighted by molar-refractivity contribution is 0.598. The SMILES string of the molecule is CCCNC(c1ccc(Br)cc1)c1ccc(SC)cc1. The van der Waals surface area contributed by atoms with Gasteiger partial charge in [-0.15, -0.1) is 11.8 Å². The van der Waals surface area contributed by atoms with Crippen molar-refractivity contribution >= 4 is 27.7 Å². The van der Waals surface area contributed by atoms with E-state index in [2.05, 4.69) is 83.0 Å². The second-order valence-electron chi connectivity index (χ2n) is 4.71. The van der Waals surface area contributed by atoms with Crippen molar-refractivity contribution in [2.45, 2.75) is 24.3 Å². The van der Waals surface area contributed by atoms with Gasteiger partial charge in [0, 0.05) is 9.37 Å². The van der Waals surface area contributed by atoms with E-state index in [9.17, 15) is 0 Å². The van der Waals surface area contributed by atoms with Gasteiger partial charge in [-0.1, -0.05) is 47.1 Å². The molecule has 0 aromatic heterocycles. The molecule has 20 heavy (non-hydrogen) atoms. The van der Waals surface area contributed by atoms with Gasteiger partial charge >= 0.3 is 0 Å². The number of thioether (sulfide) groups is 1. The summed E-state index contributed by atoms with van der Waals surface area (Å²) < 4.78 is 1.12. The molecule has 1 nitrogen and oxygen atoms in total. The van der Waals surface area contributed by atoms with Crippen LogP contribution in [-0.2, 0) is 0 Å². The Morgan fingerprint density at radius 2 is 1.55 bits per heavy atom. The second kappa shape index (κ2) is 7.87. The Hall–Kier alpha value is -0.770. The van der Waals surface area contributed by atoms with Crippen molar-refractivity contribution in [1.29, 1.82) is 0 Å². The summed E-state index contributed by atoms with van der Waals surface area (Å²) in [6, 6.07) is 17.7. The summed E-state index contributed by atoms with van der Waals surface area (Å²) in [6.45, 7) is 3.22. The molecule has 0 radical (unpaired) electrons. The molecule has 2 aromatic rings. The van der Waals surface area contributed by atoms with Gasteiger partial charge in [0.15, 0.2) is 0 Å². The summed E-state index contributed by atoms with van der Waals surface area (Å²) in [5, 5.41) is 3.64. The summed E-state index contributed by atoms with van der Waals surface area (Å²) in [4.78, 5) is 1.30. The Kier molecular flexibility index (Phi) is 6.14. The molecule has 0 saturated heterocycles. The molecule has 1 N–H and O–H groups in total. The zero-order valence-corrected chi connectivity index (χ0v) is 14.3. The third-order valence-electron chi connectivity index (χ3n) is 3.25. The van der Waals surface area contributed by atoms with Crippen molar-refractivity contribution in [1.82, 2.24) is 5.32 Å². The molecule has 0 aliphatic carbocycles. The van der Waals surface area contributed by atoms with E-state index in [0.717, 1.165) is 17.4 Å². The molecule has 0 fully saturated rings. The topological polar surface area (TPSA) is 12.0 Å². The molecule has 1 unspecified atom stereocenters. The molecule has 1 atom stereocenters. The van der Waals surface area contributed by atoms with Crippen LogP contribution in [0.25, 0.3) is 0 Å². The first-order valence-electron chi connectivity index (χ1n) is 6.87. The van der Waals surface area contributed by atoms with Gasteiger partial charge in [0.2, 0.25) is 0 Å². The molecule has 0 bridgehead atoms. The second-order valence-corrected chi connectivity index (χ2v) is 6.51. The van der Waals surface area contributed by atoms with Crippen LogP contribution >= 0.6 is 27.7 Å². The lowest BCUT2D eigenvalue weighted by atomic mass is 9.98. The third-order valence-corrected chi connectivity index (χ3v) is 4.52. The average molecular weight is 350 g/mol. The predicted molar refractivity (Wildman–Crippen MR) is 92.5 cm³/mol. The van der Waals surface area contributed by atoms with E-state index in [4.69, 9.17) is 0 Å². The maximum Gasteiger partial charge on any atom is 0.0576 e. The first-order chi connectivity index (χ1) is 9.74. The first-order valence-corrected chi connectivity index (χ1v) is 8.89. The normalized spacial score (nSPS) is 12.3. The van der Waals surface area contributed by atoms with Gasteiger partial charge in [0.05, 0.1) is 6.04 Å². The van der Waals surface area contributed by atoms with E-state index >= 15 is 0 Å². The summed E-state index contributed by atoms with van der Waals surface area (Å²) in [5.41, 5.74) is 2.62. The van der Waals surface area contributed by atoms with Crippen LogP contribution in [0.5, 0.6) is 0 Å². The lowest BCUT2D eigenvalue weighted by Gasteiger charge is -2.20. The number of hydrogen-bond donors (Lipinski definition) is 1. The summed E-state index contributed by atoms with van der Waals surface area (Å²) in [6.07, 6.45) is 3.24. The van der Waals surface area contributed by atoms with Crippen molar-refractivity contribution < 1.29 is 0 Å². The van der Waals surface area contributed by atoms with E-state index in [-0.39, 0.29) is 6.04 Å². The zero-order valence-electron chi connectivity index (χ0n) is 11.9. The van der Waals surface area contributed by atoms with E-state index in [1.54, 1.807) is 11.8 Å². The van der Waals surface area contributed by atoms with Crippen LogP contribution in [-0.4, -0.2) is 12.8 Å². The minimum absolute atomic E-state index is 0.263. The van der Waals surface area contributed by atoms with Crippen LogP contribution < -0.4 is 5.32 Å².